The Hall–Kier alpha value is -2.08. The van der Waals surface area contributed by atoms with Crippen LogP contribution in [0.3, 0.4) is 0 Å². The lowest BCUT2D eigenvalue weighted by Gasteiger charge is -2.29. The van der Waals surface area contributed by atoms with E-state index >= 15 is 0 Å². The van der Waals surface area contributed by atoms with Crippen LogP contribution >= 0.6 is 0 Å². The number of hydrogen-bond donors (Lipinski definition) is 0. The van der Waals surface area contributed by atoms with Gasteiger partial charge in [-0.2, -0.15) is 0 Å². The van der Waals surface area contributed by atoms with Crippen molar-refractivity contribution in [1.82, 2.24) is 4.90 Å². The van der Waals surface area contributed by atoms with E-state index in [2.05, 4.69) is 0 Å². The third-order valence-electron chi connectivity index (χ3n) is 2.93. The van der Waals surface area contributed by atoms with Crippen LogP contribution in [0.25, 0.3) is 0 Å². The first kappa shape index (κ1) is 19.0. The van der Waals surface area contributed by atoms with Crippen LogP contribution in [0.1, 0.15) is 33.3 Å². The molecule has 0 saturated heterocycles. The Morgan fingerprint density at radius 1 is 1.17 bits per heavy atom. The summed E-state index contributed by atoms with van der Waals surface area (Å²) in [5.74, 6) is -0.517. The molecule has 1 rings (SSSR count). The van der Waals surface area contributed by atoms with Crippen LogP contribution < -0.4 is 0 Å². The SMILES string of the molecule is COCN(C(=O)OC(C)(C)C)[C@@H](C)C(=O)OCc1ccccc1. The molecule has 6 heteroatoms. The van der Waals surface area contributed by atoms with Crippen LogP contribution in [0.5, 0.6) is 0 Å². The summed E-state index contributed by atoms with van der Waals surface area (Å²) in [5, 5.41) is 0. The number of carbonyl (C=O) groups is 2. The third kappa shape index (κ3) is 6.69. The van der Waals surface area contributed by atoms with Gasteiger partial charge >= 0.3 is 12.1 Å². The number of rotatable bonds is 6. The van der Waals surface area contributed by atoms with Gasteiger partial charge in [-0.05, 0) is 33.3 Å². The lowest BCUT2D eigenvalue weighted by molar-refractivity contribution is -0.152. The standard InChI is InChI=1S/C17H25NO5/c1-13(15(19)22-11-14-9-7-6-8-10-14)18(12-21-5)16(20)23-17(2,3)4/h6-10,13H,11-12H2,1-5H3/t13-/m0/s1. The van der Waals surface area contributed by atoms with Crippen LogP contribution in [-0.4, -0.2) is 42.4 Å². The highest BCUT2D eigenvalue weighted by atomic mass is 16.6. The average molecular weight is 323 g/mol. The zero-order valence-electron chi connectivity index (χ0n) is 14.4. The van der Waals surface area contributed by atoms with Gasteiger partial charge in [0.25, 0.3) is 0 Å². The minimum absolute atomic E-state index is 0.0590. The molecule has 0 bridgehead atoms. The molecular weight excluding hydrogens is 298 g/mol. The second kappa shape index (κ2) is 8.53. The Morgan fingerprint density at radius 3 is 2.30 bits per heavy atom. The van der Waals surface area contributed by atoms with E-state index in [-0.39, 0.29) is 13.3 Å². The maximum Gasteiger partial charge on any atom is 0.412 e. The fraction of sp³-hybridized carbons (Fsp3) is 0.529. The molecule has 6 nitrogen and oxygen atoms in total. The summed E-state index contributed by atoms with van der Waals surface area (Å²) in [6.07, 6.45) is -0.622. The summed E-state index contributed by atoms with van der Waals surface area (Å²) in [6.45, 7) is 6.95. The summed E-state index contributed by atoms with van der Waals surface area (Å²) in [5.41, 5.74) is 0.222. The number of methoxy groups -OCH3 is 1. The van der Waals surface area contributed by atoms with Gasteiger partial charge in [-0.25, -0.2) is 9.59 Å². The number of ether oxygens (including phenoxy) is 3. The lowest BCUT2D eigenvalue weighted by Crippen LogP contribution is -2.47. The number of carbonyl (C=O) groups excluding carboxylic acids is 2. The fourth-order valence-electron chi connectivity index (χ4n) is 1.76. The average Bonchev–Trinajstić information content (AvgIpc) is 2.48. The van der Waals surface area contributed by atoms with Crippen molar-refractivity contribution in [3.8, 4) is 0 Å². The molecule has 0 fully saturated rings. The summed E-state index contributed by atoms with van der Waals surface area (Å²) in [7, 11) is 1.44. The van der Waals surface area contributed by atoms with E-state index in [1.807, 2.05) is 30.3 Å². The normalized spacial score (nSPS) is 12.4. The molecule has 1 atom stereocenters. The first-order chi connectivity index (χ1) is 10.7. The van der Waals surface area contributed by atoms with Crippen LogP contribution in [-0.2, 0) is 25.6 Å². The molecule has 1 aromatic carbocycles. The van der Waals surface area contributed by atoms with E-state index in [9.17, 15) is 9.59 Å². The molecule has 0 aromatic heterocycles. The van der Waals surface area contributed by atoms with Crippen LogP contribution in [0, 0.1) is 0 Å². The minimum atomic E-state index is -0.812. The Labute approximate surface area is 137 Å². The van der Waals surface area contributed by atoms with Crippen LogP contribution in [0.2, 0.25) is 0 Å². The van der Waals surface area contributed by atoms with Crippen molar-refractivity contribution < 1.29 is 23.8 Å². The summed E-state index contributed by atoms with van der Waals surface area (Å²) in [6, 6.07) is 8.53. The first-order valence-electron chi connectivity index (χ1n) is 7.43. The predicted molar refractivity (Wildman–Crippen MR) is 85.6 cm³/mol. The van der Waals surface area contributed by atoms with E-state index < -0.39 is 23.7 Å². The fourth-order valence-corrected chi connectivity index (χ4v) is 1.76. The first-order valence-corrected chi connectivity index (χ1v) is 7.43. The molecule has 0 spiro atoms. The number of amides is 1. The summed E-state index contributed by atoms with van der Waals surface area (Å²) in [4.78, 5) is 25.6. The van der Waals surface area contributed by atoms with Crippen molar-refractivity contribution in [2.45, 2.75) is 45.9 Å². The summed E-state index contributed by atoms with van der Waals surface area (Å²) >= 11 is 0. The molecule has 0 radical (unpaired) electrons. The number of benzene rings is 1. The predicted octanol–water partition coefficient (Wildman–Crippen LogP) is 2.96. The zero-order valence-corrected chi connectivity index (χ0v) is 14.4. The third-order valence-corrected chi connectivity index (χ3v) is 2.93. The molecule has 0 aliphatic carbocycles. The van der Waals surface area contributed by atoms with Crippen molar-refractivity contribution in [2.75, 3.05) is 13.8 Å². The van der Waals surface area contributed by atoms with Gasteiger partial charge in [0.15, 0.2) is 0 Å². The smallest absolute Gasteiger partial charge is 0.412 e. The molecule has 1 amide bonds. The van der Waals surface area contributed by atoms with Crippen molar-refractivity contribution in [3.05, 3.63) is 35.9 Å². The van der Waals surface area contributed by atoms with Gasteiger partial charge < -0.3 is 14.2 Å². The molecule has 0 heterocycles. The number of esters is 1. The van der Waals surface area contributed by atoms with Crippen molar-refractivity contribution in [2.24, 2.45) is 0 Å². The van der Waals surface area contributed by atoms with Gasteiger partial charge in [0, 0.05) is 7.11 Å². The Morgan fingerprint density at radius 2 is 1.78 bits per heavy atom. The van der Waals surface area contributed by atoms with Gasteiger partial charge in [-0.15, -0.1) is 0 Å². The highest BCUT2D eigenvalue weighted by Gasteiger charge is 2.30. The summed E-state index contributed by atoms with van der Waals surface area (Å²) < 4.78 is 15.5. The maximum absolute atomic E-state index is 12.2. The Balaban J connectivity index is 2.66. The molecule has 0 aliphatic heterocycles. The van der Waals surface area contributed by atoms with Crippen LogP contribution in [0.4, 0.5) is 4.79 Å². The zero-order chi connectivity index (χ0) is 17.5. The molecule has 0 N–H and O–H groups in total. The second-order valence-corrected chi connectivity index (χ2v) is 6.14. The molecule has 128 valence electrons. The van der Waals surface area contributed by atoms with Crippen molar-refractivity contribution in [3.63, 3.8) is 0 Å². The molecule has 23 heavy (non-hydrogen) atoms. The molecule has 0 unspecified atom stereocenters. The highest BCUT2D eigenvalue weighted by Crippen LogP contribution is 2.13. The molecular formula is C17H25NO5. The van der Waals surface area contributed by atoms with Crippen LogP contribution in [0.15, 0.2) is 30.3 Å². The lowest BCUT2D eigenvalue weighted by atomic mass is 10.2. The number of nitrogens with zero attached hydrogens (tertiary/aromatic N) is 1. The van der Waals surface area contributed by atoms with E-state index in [1.54, 1.807) is 27.7 Å². The van der Waals surface area contributed by atoms with E-state index in [0.717, 1.165) is 5.56 Å². The van der Waals surface area contributed by atoms with E-state index in [1.165, 1.54) is 12.0 Å². The number of hydrogen-bond acceptors (Lipinski definition) is 5. The van der Waals surface area contributed by atoms with Gasteiger partial charge in [-0.3, -0.25) is 4.90 Å². The van der Waals surface area contributed by atoms with Gasteiger partial charge in [0.05, 0.1) is 0 Å². The maximum atomic E-state index is 12.2. The van der Waals surface area contributed by atoms with E-state index in [4.69, 9.17) is 14.2 Å². The topological polar surface area (TPSA) is 65.1 Å². The largest absolute Gasteiger partial charge is 0.459 e. The second-order valence-electron chi connectivity index (χ2n) is 6.14. The van der Waals surface area contributed by atoms with Crippen molar-refractivity contribution in [1.29, 1.82) is 0 Å². The van der Waals surface area contributed by atoms with Gasteiger partial charge in [-0.1, -0.05) is 30.3 Å². The molecule has 1 aromatic rings. The Kier molecular flexibility index (Phi) is 7.03. The highest BCUT2D eigenvalue weighted by molar-refractivity contribution is 5.81. The van der Waals surface area contributed by atoms with Crippen molar-refractivity contribution >= 4 is 12.1 Å². The van der Waals surface area contributed by atoms with E-state index in [0.29, 0.717) is 0 Å². The monoisotopic (exact) mass is 323 g/mol. The Bertz CT molecular complexity index is 509. The van der Waals surface area contributed by atoms with Gasteiger partial charge in [0.2, 0.25) is 0 Å². The molecule has 0 saturated carbocycles. The minimum Gasteiger partial charge on any atom is -0.459 e. The molecule has 0 aliphatic rings. The quantitative estimate of drug-likeness (QED) is 0.595. The van der Waals surface area contributed by atoms with Gasteiger partial charge in [0.1, 0.15) is 25.0 Å².